The maximum Gasteiger partial charge on any atom is 0.00695 e. The fourth-order valence-corrected chi connectivity index (χ4v) is 2.19. The molecular formula is C11H23N. The lowest BCUT2D eigenvalue weighted by molar-refractivity contribution is 0.336. The molecule has 1 aliphatic carbocycles. The summed E-state index contributed by atoms with van der Waals surface area (Å²) in [6, 6.07) is 1.57. The quantitative estimate of drug-likeness (QED) is 0.682. The third-order valence-corrected chi connectivity index (χ3v) is 2.85. The molecule has 1 rings (SSSR count). The van der Waals surface area contributed by atoms with Crippen molar-refractivity contribution in [2.24, 2.45) is 0 Å². The molecule has 0 saturated heterocycles. The number of hydrogen-bond acceptors (Lipinski definition) is 1. The standard InChI is InChI=1S/C11H23N/c1-3-7-10(2)12-11-8-5-4-6-9-11/h10-12H,3-9H2,1-2H3/t10-/m0/s1. The van der Waals surface area contributed by atoms with E-state index in [-0.39, 0.29) is 0 Å². The summed E-state index contributed by atoms with van der Waals surface area (Å²) in [5.41, 5.74) is 0. The SMILES string of the molecule is CCC[C@H](C)NC1CCCCC1. The molecule has 0 bridgehead atoms. The molecule has 1 atom stereocenters. The van der Waals surface area contributed by atoms with Gasteiger partial charge in [0.05, 0.1) is 0 Å². The molecular weight excluding hydrogens is 146 g/mol. The van der Waals surface area contributed by atoms with Crippen molar-refractivity contribution in [3.8, 4) is 0 Å². The van der Waals surface area contributed by atoms with Crippen LogP contribution in [-0.4, -0.2) is 12.1 Å². The van der Waals surface area contributed by atoms with Crippen LogP contribution in [0.15, 0.2) is 0 Å². The van der Waals surface area contributed by atoms with Gasteiger partial charge < -0.3 is 5.32 Å². The molecule has 0 aromatic carbocycles. The first-order valence-electron chi connectivity index (χ1n) is 5.59. The average molecular weight is 169 g/mol. The fourth-order valence-electron chi connectivity index (χ4n) is 2.19. The van der Waals surface area contributed by atoms with E-state index in [1.54, 1.807) is 0 Å². The number of nitrogens with one attached hydrogen (secondary N) is 1. The van der Waals surface area contributed by atoms with Crippen LogP contribution < -0.4 is 5.32 Å². The zero-order valence-corrected chi connectivity index (χ0v) is 8.60. The minimum atomic E-state index is 0.734. The molecule has 1 N–H and O–H groups in total. The average Bonchev–Trinajstić information content (AvgIpc) is 2.06. The van der Waals surface area contributed by atoms with E-state index in [4.69, 9.17) is 0 Å². The molecule has 0 spiro atoms. The van der Waals surface area contributed by atoms with Gasteiger partial charge >= 0.3 is 0 Å². The van der Waals surface area contributed by atoms with Crippen LogP contribution in [0.4, 0.5) is 0 Å². The van der Waals surface area contributed by atoms with E-state index >= 15 is 0 Å². The van der Waals surface area contributed by atoms with Crippen molar-refractivity contribution in [2.45, 2.75) is 70.9 Å². The predicted molar refractivity (Wildman–Crippen MR) is 54.4 cm³/mol. The summed E-state index contributed by atoms with van der Waals surface area (Å²) < 4.78 is 0. The van der Waals surface area contributed by atoms with Crippen LogP contribution in [0.2, 0.25) is 0 Å². The Hall–Kier alpha value is -0.0400. The second-order valence-corrected chi connectivity index (χ2v) is 4.19. The highest BCUT2D eigenvalue weighted by molar-refractivity contribution is 4.74. The lowest BCUT2D eigenvalue weighted by Crippen LogP contribution is -2.37. The minimum absolute atomic E-state index is 0.734. The van der Waals surface area contributed by atoms with Gasteiger partial charge in [0.1, 0.15) is 0 Å². The zero-order chi connectivity index (χ0) is 8.81. The molecule has 0 unspecified atom stereocenters. The number of rotatable bonds is 4. The van der Waals surface area contributed by atoms with Crippen LogP contribution in [0.3, 0.4) is 0 Å². The van der Waals surface area contributed by atoms with Crippen molar-refractivity contribution in [3.05, 3.63) is 0 Å². The minimum Gasteiger partial charge on any atom is -0.312 e. The molecule has 0 aliphatic heterocycles. The maximum absolute atomic E-state index is 3.72. The molecule has 1 fully saturated rings. The topological polar surface area (TPSA) is 12.0 Å². The van der Waals surface area contributed by atoms with Crippen molar-refractivity contribution in [2.75, 3.05) is 0 Å². The van der Waals surface area contributed by atoms with Crippen LogP contribution in [0.25, 0.3) is 0 Å². The molecule has 1 saturated carbocycles. The Kier molecular flexibility index (Phi) is 4.67. The number of hydrogen-bond donors (Lipinski definition) is 1. The van der Waals surface area contributed by atoms with Crippen LogP contribution in [-0.2, 0) is 0 Å². The third-order valence-electron chi connectivity index (χ3n) is 2.85. The van der Waals surface area contributed by atoms with Crippen LogP contribution >= 0.6 is 0 Å². The van der Waals surface area contributed by atoms with Gasteiger partial charge in [0.25, 0.3) is 0 Å². The van der Waals surface area contributed by atoms with Crippen molar-refractivity contribution < 1.29 is 0 Å². The van der Waals surface area contributed by atoms with E-state index in [2.05, 4.69) is 19.2 Å². The second-order valence-electron chi connectivity index (χ2n) is 4.19. The van der Waals surface area contributed by atoms with Gasteiger partial charge in [-0.1, -0.05) is 32.6 Å². The molecule has 1 heteroatoms. The monoisotopic (exact) mass is 169 g/mol. The van der Waals surface area contributed by atoms with E-state index in [0.29, 0.717) is 0 Å². The summed E-state index contributed by atoms with van der Waals surface area (Å²) in [6.45, 7) is 4.58. The van der Waals surface area contributed by atoms with Crippen molar-refractivity contribution in [1.82, 2.24) is 5.32 Å². The molecule has 0 heterocycles. The molecule has 0 amide bonds. The Bertz CT molecular complexity index is 106. The maximum atomic E-state index is 3.72. The van der Waals surface area contributed by atoms with Crippen molar-refractivity contribution in [1.29, 1.82) is 0 Å². The first-order chi connectivity index (χ1) is 5.83. The van der Waals surface area contributed by atoms with E-state index in [1.165, 1.54) is 44.9 Å². The largest absolute Gasteiger partial charge is 0.312 e. The highest BCUT2D eigenvalue weighted by Gasteiger charge is 2.14. The van der Waals surface area contributed by atoms with Crippen molar-refractivity contribution >= 4 is 0 Å². The smallest absolute Gasteiger partial charge is 0.00695 e. The highest BCUT2D eigenvalue weighted by Crippen LogP contribution is 2.18. The highest BCUT2D eigenvalue weighted by atomic mass is 14.9. The van der Waals surface area contributed by atoms with Crippen LogP contribution in [0.1, 0.15) is 58.8 Å². The van der Waals surface area contributed by atoms with Gasteiger partial charge in [0.15, 0.2) is 0 Å². The first-order valence-corrected chi connectivity index (χ1v) is 5.59. The summed E-state index contributed by atoms with van der Waals surface area (Å²) in [4.78, 5) is 0. The Balaban J connectivity index is 2.11. The molecule has 0 radical (unpaired) electrons. The molecule has 1 nitrogen and oxygen atoms in total. The van der Waals surface area contributed by atoms with Gasteiger partial charge in [-0.3, -0.25) is 0 Å². The lowest BCUT2D eigenvalue weighted by atomic mass is 9.94. The summed E-state index contributed by atoms with van der Waals surface area (Å²) in [7, 11) is 0. The van der Waals surface area contributed by atoms with Gasteiger partial charge in [-0.05, 0) is 26.2 Å². The zero-order valence-electron chi connectivity index (χ0n) is 8.60. The molecule has 0 aromatic heterocycles. The van der Waals surface area contributed by atoms with E-state index in [9.17, 15) is 0 Å². The van der Waals surface area contributed by atoms with Gasteiger partial charge in [0.2, 0.25) is 0 Å². The summed E-state index contributed by atoms with van der Waals surface area (Å²) >= 11 is 0. The Morgan fingerprint density at radius 1 is 1.25 bits per heavy atom. The van der Waals surface area contributed by atoms with Gasteiger partial charge in [-0.25, -0.2) is 0 Å². The van der Waals surface area contributed by atoms with Crippen LogP contribution in [0.5, 0.6) is 0 Å². The first kappa shape index (κ1) is 10.0. The van der Waals surface area contributed by atoms with Crippen LogP contribution in [0, 0.1) is 0 Å². The summed E-state index contributed by atoms with van der Waals surface area (Å²) in [5.74, 6) is 0. The molecule has 1 aliphatic rings. The lowest BCUT2D eigenvalue weighted by Gasteiger charge is -2.26. The van der Waals surface area contributed by atoms with E-state index < -0.39 is 0 Å². The van der Waals surface area contributed by atoms with Crippen molar-refractivity contribution in [3.63, 3.8) is 0 Å². The third kappa shape index (κ3) is 3.57. The normalized spacial score (nSPS) is 22.5. The molecule has 0 aromatic rings. The van der Waals surface area contributed by atoms with Gasteiger partial charge in [-0.2, -0.15) is 0 Å². The predicted octanol–water partition coefficient (Wildman–Crippen LogP) is 3.10. The van der Waals surface area contributed by atoms with E-state index in [1.807, 2.05) is 0 Å². The fraction of sp³-hybridized carbons (Fsp3) is 1.00. The summed E-state index contributed by atoms with van der Waals surface area (Å²) in [6.07, 6.45) is 9.80. The van der Waals surface area contributed by atoms with Gasteiger partial charge in [-0.15, -0.1) is 0 Å². The summed E-state index contributed by atoms with van der Waals surface area (Å²) in [5, 5.41) is 3.72. The van der Waals surface area contributed by atoms with Gasteiger partial charge in [0, 0.05) is 12.1 Å². The second kappa shape index (κ2) is 5.58. The molecule has 12 heavy (non-hydrogen) atoms. The molecule has 72 valence electrons. The Morgan fingerprint density at radius 3 is 2.50 bits per heavy atom. The van der Waals surface area contributed by atoms with E-state index in [0.717, 1.165) is 12.1 Å². The Labute approximate surface area is 76.9 Å². The Morgan fingerprint density at radius 2 is 1.92 bits per heavy atom.